The van der Waals surface area contributed by atoms with Crippen molar-refractivity contribution < 1.29 is 19.7 Å². The molecule has 4 heteroatoms. The summed E-state index contributed by atoms with van der Waals surface area (Å²) in [4.78, 5) is 12.8. The summed E-state index contributed by atoms with van der Waals surface area (Å²) in [6.07, 6.45) is 4.98. The number of ether oxygens (including phenoxy) is 1. The number of hydrogen-bond donors (Lipinski definition) is 2. The maximum Gasteiger partial charge on any atom is 0.306 e. The number of phenols is 1. The van der Waals surface area contributed by atoms with E-state index in [2.05, 4.69) is 33.8 Å². The average molecular weight is 401 g/mol. The summed E-state index contributed by atoms with van der Waals surface area (Å²) in [5.41, 5.74) is 2.38. The number of esters is 1. The molecule has 2 saturated carbocycles. The fourth-order valence-corrected chi connectivity index (χ4v) is 6.62. The Morgan fingerprint density at radius 1 is 1.24 bits per heavy atom. The number of aromatic hydroxyl groups is 1. The lowest BCUT2D eigenvalue weighted by Crippen LogP contribution is -2.48. The van der Waals surface area contributed by atoms with Crippen molar-refractivity contribution >= 4 is 5.97 Å². The van der Waals surface area contributed by atoms with Gasteiger partial charge < -0.3 is 14.9 Å². The first-order valence-electron chi connectivity index (χ1n) is 11.2. The second-order valence-electron chi connectivity index (χ2n) is 11.2. The summed E-state index contributed by atoms with van der Waals surface area (Å²) in [5, 5.41) is 20.8. The number of benzene rings is 1. The van der Waals surface area contributed by atoms with E-state index < -0.39 is 0 Å². The Kier molecular flexibility index (Phi) is 5.21. The quantitative estimate of drug-likeness (QED) is 0.714. The lowest BCUT2D eigenvalue weighted by Gasteiger charge is -2.53. The molecule has 0 bridgehead atoms. The van der Waals surface area contributed by atoms with Crippen LogP contribution in [0.2, 0.25) is 0 Å². The molecule has 29 heavy (non-hydrogen) atoms. The number of carbonyl (C=O) groups excluding carboxylic acids is 1. The molecule has 0 radical (unpaired) electrons. The standard InChI is InChI=1S/C25H36O4/c1-24(2,3)14-29-22(28)12-16-13-25(4)20(9-10-21(25)27)19-7-5-15-11-17(26)6-8-18(15)23(16)19/h6,8,11,16,19-21,23,26-27H,5,7,9-10,12-14H2,1-4H3/t16-,19?,20?,21?,23?,25?/m0/s1. The number of rotatable bonds is 3. The monoisotopic (exact) mass is 400 g/mol. The molecule has 5 unspecified atom stereocenters. The molecular formula is C25H36O4. The highest BCUT2D eigenvalue weighted by Gasteiger charge is 2.57. The predicted octanol–water partition coefficient (Wildman–Crippen LogP) is 4.81. The van der Waals surface area contributed by atoms with E-state index in [9.17, 15) is 15.0 Å². The van der Waals surface area contributed by atoms with E-state index in [-0.39, 0.29) is 28.8 Å². The van der Waals surface area contributed by atoms with Crippen molar-refractivity contribution in [2.45, 2.75) is 78.2 Å². The third kappa shape index (κ3) is 3.81. The first-order valence-corrected chi connectivity index (χ1v) is 11.2. The van der Waals surface area contributed by atoms with Crippen molar-refractivity contribution in [3.8, 4) is 5.75 Å². The lowest BCUT2D eigenvalue weighted by atomic mass is 9.51. The van der Waals surface area contributed by atoms with Crippen molar-refractivity contribution in [3.63, 3.8) is 0 Å². The predicted molar refractivity (Wildman–Crippen MR) is 113 cm³/mol. The van der Waals surface area contributed by atoms with Crippen molar-refractivity contribution in [1.82, 2.24) is 0 Å². The Labute approximate surface area is 174 Å². The topological polar surface area (TPSA) is 66.8 Å². The highest BCUT2D eigenvalue weighted by molar-refractivity contribution is 5.70. The number of fused-ring (bicyclic) bond motifs is 5. The molecule has 1 aromatic rings. The maximum absolute atomic E-state index is 12.8. The molecule has 160 valence electrons. The van der Waals surface area contributed by atoms with Gasteiger partial charge in [0, 0.05) is 6.42 Å². The summed E-state index contributed by atoms with van der Waals surface area (Å²) < 4.78 is 5.63. The van der Waals surface area contributed by atoms with Crippen molar-refractivity contribution in [2.75, 3.05) is 6.61 Å². The van der Waals surface area contributed by atoms with Gasteiger partial charge in [-0.05, 0) is 89.9 Å². The van der Waals surface area contributed by atoms with E-state index >= 15 is 0 Å². The lowest BCUT2D eigenvalue weighted by molar-refractivity contribution is -0.149. The number of aliphatic hydroxyl groups is 1. The molecule has 4 nitrogen and oxygen atoms in total. The normalized spacial score (nSPS) is 36.1. The van der Waals surface area contributed by atoms with Crippen LogP contribution < -0.4 is 0 Å². The zero-order valence-corrected chi connectivity index (χ0v) is 18.3. The van der Waals surface area contributed by atoms with E-state index in [4.69, 9.17) is 4.74 Å². The van der Waals surface area contributed by atoms with E-state index in [0.717, 1.165) is 32.1 Å². The molecule has 2 fully saturated rings. The first-order chi connectivity index (χ1) is 13.6. The van der Waals surface area contributed by atoms with Gasteiger partial charge in [0.2, 0.25) is 0 Å². The number of carbonyl (C=O) groups is 1. The van der Waals surface area contributed by atoms with Crippen molar-refractivity contribution in [1.29, 1.82) is 0 Å². The van der Waals surface area contributed by atoms with Crippen LogP contribution in [0.25, 0.3) is 0 Å². The van der Waals surface area contributed by atoms with Gasteiger partial charge in [0.25, 0.3) is 0 Å². The van der Waals surface area contributed by atoms with Crippen LogP contribution in [0.4, 0.5) is 0 Å². The highest BCUT2D eigenvalue weighted by Crippen LogP contribution is 2.63. The maximum atomic E-state index is 12.8. The molecule has 3 aliphatic carbocycles. The molecule has 0 aromatic heterocycles. The van der Waals surface area contributed by atoms with Crippen LogP contribution in [0.5, 0.6) is 5.75 Å². The minimum absolute atomic E-state index is 0.0432. The Balaban J connectivity index is 1.64. The smallest absolute Gasteiger partial charge is 0.306 e. The van der Waals surface area contributed by atoms with Gasteiger partial charge in [-0.25, -0.2) is 0 Å². The van der Waals surface area contributed by atoms with Gasteiger partial charge in [0.15, 0.2) is 0 Å². The molecular weight excluding hydrogens is 364 g/mol. The molecule has 0 amide bonds. The van der Waals surface area contributed by atoms with Gasteiger partial charge in [-0.1, -0.05) is 33.8 Å². The number of hydrogen-bond acceptors (Lipinski definition) is 4. The van der Waals surface area contributed by atoms with Crippen LogP contribution in [0.15, 0.2) is 18.2 Å². The third-order valence-corrected chi connectivity index (χ3v) is 7.88. The van der Waals surface area contributed by atoms with Gasteiger partial charge in [-0.3, -0.25) is 4.79 Å². The van der Waals surface area contributed by atoms with Crippen LogP contribution in [0.1, 0.15) is 76.8 Å². The minimum atomic E-state index is -0.275. The third-order valence-electron chi connectivity index (χ3n) is 7.88. The molecule has 0 spiro atoms. The van der Waals surface area contributed by atoms with E-state index in [0.29, 0.717) is 36.5 Å². The summed E-state index contributed by atoms with van der Waals surface area (Å²) >= 11 is 0. The summed E-state index contributed by atoms with van der Waals surface area (Å²) in [6, 6.07) is 5.76. The van der Waals surface area contributed by atoms with Gasteiger partial charge in [-0.2, -0.15) is 0 Å². The zero-order chi connectivity index (χ0) is 21.0. The Morgan fingerprint density at radius 3 is 2.72 bits per heavy atom. The molecule has 0 heterocycles. The molecule has 3 aliphatic rings. The van der Waals surface area contributed by atoms with E-state index in [1.807, 2.05) is 6.07 Å². The number of aliphatic hydroxyl groups excluding tert-OH is 1. The van der Waals surface area contributed by atoms with Crippen LogP contribution in [-0.4, -0.2) is 28.9 Å². The summed E-state index contributed by atoms with van der Waals surface area (Å²) in [5.74, 6) is 1.68. The van der Waals surface area contributed by atoms with Gasteiger partial charge in [0.05, 0.1) is 12.7 Å². The van der Waals surface area contributed by atoms with Crippen LogP contribution in [0.3, 0.4) is 0 Å². The highest BCUT2D eigenvalue weighted by atomic mass is 16.5. The Hall–Kier alpha value is -1.55. The second-order valence-corrected chi connectivity index (χ2v) is 11.2. The van der Waals surface area contributed by atoms with Crippen molar-refractivity contribution in [3.05, 3.63) is 29.3 Å². The van der Waals surface area contributed by atoms with Crippen LogP contribution >= 0.6 is 0 Å². The molecule has 0 aliphatic heterocycles. The number of phenolic OH excluding ortho intramolecular Hbond substituents is 1. The average Bonchev–Trinajstić information content (AvgIpc) is 2.93. The number of aryl methyl sites for hydroxylation is 1. The van der Waals surface area contributed by atoms with Gasteiger partial charge in [-0.15, -0.1) is 0 Å². The Morgan fingerprint density at radius 2 is 2.00 bits per heavy atom. The first kappa shape index (κ1) is 20.7. The minimum Gasteiger partial charge on any atom is -0.508 e. The second kappa shape index (κ2) is 7.30. The fraction of sp³-hybridized carbons (Fsp3) is 0.720. The molecule has 2 N–H and O–H groups in total. The van der Waals surface area contributed by atoms with Crippen molar-refractivity contribution in [2.24, 2.45) is 28.6 Å². The molecule has 4 rings (SSSR count). The largest absolute Gasteiger partial charge is 0.508 e. The SMILES string of the molecule is CC(C)(C)COC(=O)C[C@H]1CC2(C)C(O)CCC2C2CCc3cc(O)ccc3C21. The van der Waals surface area contributed by atoms with Crippen LogP contribution in [-0.2, 0) is 16.0 Å². The van der Waals surface area contributed by atoms with Gasteiger partial charge in [0.1, 0.15) is 5.75 Å². The van der Waals surface area contributed by atoms with E-state index in [1.165, 1.54) is 11.1 Å². The van der Waals surface area contributed by atoms with E-state index in [1.54, 1.807) is 6.07 Å². The molecule has 1 aromatic carbocycles. The summed E-state index contributed by atoms with van der Waals surface area (Å²) in [7, 11) is 0. The Bertz CT molecular complexity index is 780. The zero-order valence-electron chi connectivity index (χ0n) is 18.3. The molecule has 6 atom stereocenters. The van der Waals surface area contributed by atoms with Crippen LogP contribution in [0, 0.1) is 28.6 Å². The fourth-order valence-electron chi connectivity index (χ4n) is 6.62. The molecule has 0 saturated heterocycles. The van der Waals surface area contributed by atoms with Gasteiger partial charge >= 0.3 is 5.97 Å². The summed E-state index contributed by atoms with van der Waals surface area (Å²) in [6.45, 7) is 8.88.